The average molecular weight is 232 g/mol. The molecule has 1 heterocycles. The first-order valence-corrected chi connectivity index (χ1v) is 5.16. The minimum atomic E-state index is -0.331. The van der Waals surface area contributed by atoms with Crippen molar-refractivity contribution in [3.05, 3.63) is 48.3 Å². The van der Waals surface area contributed by atoms with Crippen LogP contribution in [0.5, 0.6) is 5.75 Å². The molecule has 1 aromatic carbocycles. The van der Waals surface area contributed by atoms with Crippen molar-refractivity contribution in [1.82, 2.24) is 9.55 Å². The number of ether oxygens (including phenoxy) is 1. The number of aryl methyl sites for hydroxylation is 1. The molecular formula is C13H13FN2O. The minimum Gasteiger partial charge on any atom is -0.495 e. The third-order valence-corrected chi connectivity index (χ3v) is 2.51. The van der Waals surface area contributed by atoms with Gasteiger partial charge in [0.25, 0.3) is 0 Å². The summed E-state index contributed by atoms with van der Waals surface area (Å²) in [6.45, 7) is 5.43. The molecule has 0 spiro atoms. The Morgan fingerprint density at radius 3 is 2.76 bits per heavy atom. The highest BCUT2D eigenvalue weighted by molar-refractivity contribution is 5.58. The normalized spacial score (nSPS) is 10.3. The summed E-state index contributed by atoms with van der Waals surface area (Å²) >= 11 is 0. The molecule has 0 aliphatic heterocycles. The fourth-order valence-electron chi connectivity index (χ4n) is 1.63. The topological polar surface area (TPSA) is 27.1 Å². The first kappa shape index (κ1) is 11.4. The number of benzene rings is 1. The summed E-state index contributed by atoms with van der Waals surface area (Å²) in [5, 5.41) is 0. The number of rotatable bonds is 3. The highest BCUT2D eigenvalue weighted by atomic mass is 19.1. The van der Waals surface area contributed by atoms with E-state index < -0.39 is 0 Å². The number of halogens is 1. The van der Waals surface area contributed by atoms with Crippen LogP contribution < -0.4 is 4.74 Å². The molecule has 0 N–H and O–H groups in total. The van der Waals surface area contributed by atoms with Gasteiger partial charge in [0, 0.05) is 17.8 Å². The number of hydrogen-bond acceptors (Lipinski definition) is 2. The zero-order valence-electron chi connectivity index (χ0n) is 9.77. The molecule has 2 rings (SSSR count). The van der Waals surface area contributed by atoms with Crippen LogP contribution in [0.15, 0.2) is 31.2 Å². The lowest BCUT2D eigenvalue weighted by Crippen LogP contribution is -1.98. The van der Waals surface area contributed by atoms with Crippen LogP contribution in [0.25, 0.3) is 11.8 Å². The number of imidazole rings is 1. The molecule has 0 unspecified atom stereocenters. The van der Waals surface area contributed by atoms with E-state index in [9.17, 15) is 4.39 Å². The molecule has 0 saturated heterocycles. The second-order valence-corrected chi connectivity index (χ2v) is 3.67. The maximum absolute atomic E-state index is 13.7. The molecule has 2 aromatic rings. The average Bonchev–Trinajstić information content (AvgIpc) is 2.75. The van der Waals surface area contributed by atoms with Crippen LogP contribution in [-0.4, -0.2) is 16.7 Å². The van der Waals surface area contributed by atoms with Gasteiger partial charge in [-0.05, 0) is 13.0 Å². The summed E-state index contributed by atoms with van der Waals surface area (Å²) in [5.41, 5.74) is 1.90. The molecule has 0 radical (unpaired) electrons. The third-order valence-electron chi connectivity index (χ3n) is 2.51. The molecule has 4 heteroatoms. The van der Waals surface area contributed by atoms with Crippen molar-refractivity contribution < 1.29 is 9.13 Å². The Hall–Kier alpha value is -2.10. The van der Waals surface area contributed by atoms with Crippen LogP contribution in [0.1, 0.15) is 11.3 Å². The van der Waals surface area contributed by atoms with Crippen LogP contribution in [0.3, 0.4) is 0 Å². The van der Waals surface area contributed by atoms with Gasteiger partial charge in [-0.25, -0.2) is 9.37 Å². The molecule has 0 aliphatic rings. The number of nitrogens with zero attached hydrogens (tertiary/aromatic N) is 2. The lowest BCUT2D eigenvalue weighted by molar-refractivity contribution is 0.411. The van der Waals surface area contributed by atoms with E-state index >= 15 is 0 Å². The smallest absolute Gasteiger partial charge is 0.143 e. The van der Waals surface area contributed by atoms with Gasteiger partial charge in [-0.3, -0.25) is 0 Å². The summed E-state index contributed by atoms with van der Waals surface area (Å²) in [5.74, 6) is 0.251. The van der Waals surface area contributed by atoms with E-state index in [0.29, 0.717) is 17.0 Å². The SMILES string of the molecule is C=Cc1cc(OC)c(-n2cnc(C)c2)cc1F. The number of aromatic nitrogens is 2. The Kier molecular flexibility index (Phi) is 2.95. The van der Waals surface area contributed by atoms with Gasteiger partial charge in [0.2, 0.25) is 0 Å². The van der Waals surface area contributed by atoms with Crippen molar-refractivity contribution in [2.75, 3.05) is 7.11 Å². The van der Waals surface area contributed by atoms with Crippen LogP contribution in [0, 0.1) is 12.7 Å². The van der Waals surface area contributed by atoms with Gasteiger partial charge in [0.1, 0.15) is 11.6 Å². The van der Waals surface area contributed by atoms with E-state index in [4.69, 9.17) is 4.74 Å². The van der Waals surface area contributed by atoms with E-state index in [1.54, 1.807) is 24.1 Å². The van der Waals surface area contributed by atoms with Crippen LogP contribution in [0.2, 0.25) is 0 Å². The monoisotopic (exact) mass is 232 g/mol. The molecule has 0 amide bonds. The highest BCUT2D eigenvalue weighted by Gasteiger charge is 2.10. The highest BCUT2D eigenvalue weighted by Crippen LogP contribution is 2.27. The van der Waals surface area contributed by atoms with E-state index in [2.05, 4.69) is 11.6 Å². The molecule has 17 heavy (non-hydrogen) atoms. The largest absolute Gasteiger partial charge is 0.495 e. The van der Waals surface area contributed by atoms with Crippen LogP contribution >= 0.6 is 0 Å². The van der Waals surface area contributed by atoms with Gasteiger partial charge in [0.05, 0.1) is 24.8 Å². The molecule has 88 valence electrons. The van der Waals surface area contributed by atoms with Gasteiger partial charge in [-0.1, -0.05) is 12.7 Å². The Morgan fingerprint density at radius 2 is 2.24 bits per heavy atom. The summed E-state index contributed by atoms with van der Waals surface area (Å²) in [6.07, 6.45) is 4.89. The van der Waals surface area contributed by atoms with Crippen molar-refractivity contribution in [2.45, 2.75) is 6.92 Å². The molecule has 1 aromatic heterocycles. The predicted molar refractivity (Wildman–Crippen MR) is 64.9 cm³/mol. The molecular weight excluding hydrogens is 219 g/mol. The maximum atomic E-state index is 13.7. The second-order valence-electron chi connectivity index (χ2n) is 3.67. The molecule has 0 atom stereocenters. The Balaban J connectivity index is 2.60. The Morgan fingerprint density at radius 1 is 1.47 bits per heavy atom. The van der Waals surface area contributed by atoms with Crippen molar-refractivity contribution in [2.24, 2.45) is 0 Å². The fraction of sp³-hybridized carbons (Fsp3) is 0.154. The Bertz CT molecular complexity index is 561. The first-order chi connectivity index (χ1) is 8.15. The van der Waals surface area contributed by atoms with Gasteiger partial charge < -0.3 is 9.30 Å². The maximum Gasteiger partial charge on any atom is 0.143 e. The fourth-order valence-corrected chi connectivity index (χ4v) is 1.63. The van der Waals surface area contributed by atoms with Crippen molar-refractivity contribution >= 4 is 6.08 Å². The van der Waals surface area contributed by atoms with Gasteiger partial charge in [0.15, 0.2) is 0 Å². The molecule has 0 bridgehead atoms. The standard InChI is InChI=1S/C13H13FN2O/c1-4-10-5-13(17-3)12(6-11(10)14)16-7-9(2)15-8-16/h4-8H,1H2,2-3H3. The van der Waals surface area contributed by atoms with Gasteiger partial charge >= 0.3 is 0 Å². The molecule has 0 saturated carbocycles. The quantitative estimate of drug-likeness (QED) is 0.813. The molecule has 3 nitrogen and oxygen atoms in total. The van der Waals surface area contributed by atoms with E-state index in [1.165, 1.54) is 12.1 Å². The summed E-state index contributed by atoms with van der Waals surface area (Å²) in [4.78, 5) is 4.11. The third kappa shape index (κ3) is 2.06. The van der Waals surface area contributed by atoms with Gasteiger partial charge in [-0.15, -0.1) is 0 Å². The molecule has 0 fully saturated rings. The van der Waals surface area contributed by atoms with E-state index in [0.717, 1.165) is 5.69 Å². The van der Waals surface area contributed by atoms with Crippen molar-refractivity contribution in [1.29, 1.82) is 0 Å². The van der Waals surface area contributed by atoms with Crippen molar-refractivity contribution in [3.63, 3.8) is 0 Å². The zero-order valence-corrected chi connectivity index (χ0v) is 9.77. The number of hydrogen-bond donors (Lipinski definition) is 0. The van der Waals surface area contributed by atoms with Crippen molar-refractivity contribution in [3.8, 4) is 11.4 Å². The lowest BCUT2D eigenvalue weighted by Gasteiger charge is -2.10. The Labute approximate surface area is 99.2 Å². The summed E-state index contributed by atoms with van der Waals surface area (Å²) in [7, 11) is 1.55. The lowest BCUT2D eigenvalue weighted by atomic mass is 10.1. The van der Waals surface area contributed by atoms with Crippen LogP contribution in [0.4, 0.5) is 4.39 Å². The van der Waals surface area contributed by atoms with E-state index in [1.807, 2.05) is 13.1 Å². The van der Waals surface area contributed by atoms with E-state index in [-0.39, 0.29) is 5.82 Å². The summed E-state index contributed by atoms with van der Waals surface area (Å²) in [6, 6.07) is 3.03. The predicted octanol–water partition coefficient (Wildman–Crippen LogP) is 2.97. The first-order valence-electron chi connectivity index (χ1n) is 5.16. The van der Waals surface area contributed by atoms with Gasteiger partial charge in [-0.2, -0.15) is 0 Å². The number of methoxy groups -OCH3 is 1. The minimum absolute atomic E-state index is 0.331. The second kappa shape index (κ2) is 4.41. The van der Waals surface area contributed by atoms with Crippen LogP contribution in [-0.2, 0) is 0 Å². The summed E-state index contributed by atoms with van der Waals surface area (Å²) < 4.78 is 20.7. The molecule has 0 aliphatic carbocycles. The zero-order chi connectivity index (χ0) is 12.4.